The zero-order chi connectivity index (χ0) is 19.2. The molecular weight excluding hydrogens is 350 g/mol. The molecule has 0 unspecified atom stereocenters. The molecule has 28 heavy (non-hydrogen) atoms. The van der Waals surface area contributed by atoms with E-state index in [4.69, 9.17) is 4.74 Å². The monoisotopic (exact) mass is 377 g/mol. The maximum absolute atomic E-state index is 12.5. The first kappa shape index (κ1) is 18.8. The number of nitrogens with zero attached hydrogens (tertiary/aromatic N) is 3. The SMILES string of the molecule is O=C(/C=C/c1cnc(N2CCOCC2)nc1)c1ccc(C2CCCCC2)cc1. The summed E-state index contributed by atoms with van der Waals surface area (Å²) >= 11 is 0. The van der Waals surface area contributed by atoms with Crippen molar-refractivity contribution in [1.82, 2.24) is 9.97 Å². The molecule has 0 radical (unpaired) electrons. The smallest absolute Gasteiger partial charge is 0.225 e. The van der Waals surface area contributed by atoms with E-state index in [1.807, 2.05) is 12.1 Å². The second kappa shape index (κ2) is 9.11. The Morgan fingerprint density at radius 2 is 1.68 bits per heavy atom. The van der Waals surface area contributed by atoms with E-state index in [1.165, 1.54) is 37.7 Å². The second-order valence-corrected chi connectivity index (χ2v) is 7.57. The molecule has 0 N–H and O–H groups in total. The van der Waals surface area contributed by atoms with Crippen LogP contribution in [0.15, 0.2) is 42.7 Å². The van der Waals surface area contributed by atoms with Crippen LogP contribution in [0.5, 0.6) is 0 Å². The Hall–Kier alpha value is -2.53. The van der Waals surface area contributed by atoms with E-state index >= 15 is 0 Å². The third kappa shape index (κ3) is 4.65. The molecule has 1 aromatic carbocycles. The summed E-state index contributed by atoms with van der Waals surface area (Å²) < 4.78 is 5.35. The van der Waals surface area contributed by atoms with Crippen molar-refractivity contribution in [3.05, 3.63) is 59.4 Å². The topological polar surface area (TPSA) is 55.3 Å². The summed E-state index contributed by atoms with van der Waals surface area (Å²) in [6.45, 7) is 3.03. The summed E-state index contributed by atoms with van der Waals surface area (Å²) in [5, 5.41) is 0. The molecule has 2 aromatic rings. The maximum Gasteiger partial charge on any atom is 0.225 e. The number of hydrogen-bond donors (Lipinski definition) is 0. The van der Waals surface area contributed by atoms with Gasteiger partial charge in [0.15, 0.2) is 5.78 Å². The van der Waals surface area contributed by atoms with Crippen LogP contribution in [0.25, 0.3) is 6.08 Å². The summed E-state index contributed by atoms with van der Waals surface area (Å²) in [4.78, 5) is 23.4. The predicted molar refractivity (Wildman–Crippen MR) is 111 cm³/mol. The van der Waals surface area contributed by atoms with Gasteiger partial charge in [0.25, 0.3) is 0 Å². The molecule has 1 aliphatic carbocycles. The lowest BCUT2D eigenvalue weighted by Crippen LogP contribution is -2.37. The fraction of sp³-hybridized carbons (Fsp3) is 0.435. The van der Waals surface area contributed by atoms with Gasteiger partial charge < -0.3 is 9.64 Å². The largest absolute Gasteiger partial charge is 0.378 e. The van der Waals surface area contributed by atoms with E-state index in [0.29, 0.717) is 25.1 Å². The summed E-state index contributed by atoms with van der Waals surface area (Å²) in [6.07, 6.45) is 13.4. The van der Waals surface area contributed by atoms with Gasteiger partial charge in [-0.15, -0.1) is 0 Å². The third-order valence-electron chi connectivity index (χ3n) is 5.65. The van der Waals surface area contributed by atoms with Gasteiger partial charge in [-0.1, -0.05) is 43.5 Å². The van der Waals surface area contributed by atoms with Crippen molar-refractivity contribution in [2.24, 2.45) is 0 Å². The normalized spacial score (nSPS) is 18.5. The molecule has 0 amide bonds. The van der Waals surface area contributed by atoms with Crippen molar-refractivity contribution >= 4 is 17.8 Å². The highest BCUT2D eigenvalue weighted by Crippen LogP contribution is 2.32. The van der Waals surface area contributed by atoms with Gasteiger partial charge in [-0.05, 0) is 36.5 Å². The number of benzene rings is 1. The average molecular weight is 377 g/mol. The minimum atomic E-state index is 0.00690. The molecule has 5 nitrogen and oxygen atoms in total. The minimum absolute atomic E-state index is 0.00690. The predicted octanol–water partition coefficient (Wildman–Crippen LogP) is 4.26. The number of anilines is 1. The van der Waals surface area contributed by atoms with E-state index < -0.39 is 0 Å². The summed E-state index contributed by atoms with van der Waals surface area (Å²) in [6, 6.07) is 8.15. The average Bonchev–Trinajstić information content (AvgIpc) is 2.79. The standard InChI is InChI=1S/C23H27N3O2/c27-22(21-9-7-20(8-10-21)19-4-2-1-3-5-19)11-6-18-16-24-23(25-17-18)26-12-14-28-15-13-26/h6-11,16-17,19H,1-5,12-15H2/b11-6+. The van der Waals surface area contributed by atoms with Gasteiger partial charge in [0.1, 0.15) is 0 Å². The zero-order valence-electron chi connectivity index (χ0n) is 16.2. The van der Waals surface area contributed by atoms with Crippen LogP contribution < -0.4 is 4.90 Å². The molecule has 2 heterocycles. The molecule has 1 saturated heterocycles. The Morgan fingerprint density at radius 3 is 2.36 bits per heavy atom. The fourth-order valence-electron chi connectivity index (χ4n) is 3.97. The van der Waals surface area contributed by atoms with Crippen LogP contribution in [0.3, 0.4) is 0 Å². The molecule has 2 aliphatic rings. The van der Waals surface area contributed by atoms with Gasteiger partial charge in [-0.25, -0.2) is 9.97 Å². The van der Waals surface area contributed by atoms with Gasteiger partial charge in [-0.3, -0.25) is 4.79 Å². The second-order valence-electron chi connectivity index (χ2n) is 7.57. The van der Waals surface area contributed by atoms with Crippen LogP contribution in [0, 0.1) is 0 Å². The first-order valence-corrected chi connectivity index (χ1v) is 10.3. The number of rotatable bonds is 5. The fourth-order valence-corrected chi connectivity index (χ4v) is 3.97. The van der Waals surface area contributed by atoms with Crippen molar-refractivity contribution in [2.75, 3.05) is 31.2 Å². The molecule has 146 valence electrons. The number of ether oxygens (including phenoxy) is 1. The first-order valence-electron chi connectivity index (χ1n) is 10.3. The molecule has 5 heteroatoms. The van der Waals surface area contributed by atoms with Gasteiger partial charge in [-0.2, -0.15) is 0 Å². The van der Waals surface area contributed by atoms with Gasteiger partial charge in [0.05, 0.1) is 13.2 Å². The number of hydrogen-bond acceptors (Lipinski definition) is 5. The number of morpholine rings is 1. The molecule has 0 bridgehead atoms. The highest BCUT2D eigenvalue weighted by atomic mass is 16.5. The molecule has 0 spiro atoms. The van der Waals surface area contributed by atoms with Crippen molar-refractivity contribution in [2.45, 2.75) is 38.0 Å². The number of allylic oxidation sites excluding steroid dienone is 1. The summed E-state index contributed by atoms with van der Waals surface area (Å²) in [5.41, 5.74) is 2.91. The van der Waals surface area contributed by atoms with Crippen LogP contribution in [-0.2, 0) is 4.74 Å². The maximum atomic E-state index is 12.5. The number of carbonyl (C=O) groups excluding carboxylic acids is 1. The van der Waals surface area contributed by atoms with Crippen LogP contribution in [0.1, 0.15) is 59.5 Å². The van der Waals surface area contributed by atoms with Gasteiger partial charge in [0, 0.05) is 36.6 Å². The van der Waals surface area contributed by atoms with Gasteiger partial charge in [0.2, 0.25) is 5.95 Å². The summed E-state index contributed by atoms with van der Waals surface area (Å²) in [5.74, 6) is 1.38. The third-order valence-corrected chi connectivity index (χ3v) is 5.65. The molecular formula is C23H27N3O2. The lowest BCUT2D eigenvalue weighted by Gasteiger charge is -2.26. The Labute approximate surface area is 166 Å². The summed E-state index contributed by atoms with van der Waals surface area (Å²) in [7, 11) is 0. The van der Waals surface area contributed by atoms with Crippen molar-refractivity contribution in [3.8, 4) is 0 Å². The van der Waals surface area contributed by atoms with Crippen molar-refractivity contribution < 1.29 is 9.53 Å². The lowest BCUT2D eigenvalue weighted by atomic mass is 9.84. The van der Waals surface area contributed by atoms with E-state index in [-0.39, 0.29) is 5.78 Å². The Morgan fingerprint density at radius 1 is 1.00 bits per heavy atom. The molecule has 1 aliphatic heterocycles. The van der Waals surface area contributed by atoms with Crippen molar-refractivity contribution in [1.29, 1.82) is 0 Å². The molecule has 4 rings (SSSR count). The van der Waals surface area contributed by atoms with Crippen LogP contribution in [-0.4, -0.2) is 42.1 Å². The first-order chi connectivity index (χ1) is 13.8. The van der Waals surface area contributed by atoms with E-state index in [0.717, 1.165) is 24.2 Å². The van der Waals surface area contributed by atoms with Crippen LogP contribution in [0.2, 0.25) is 0 Å². The molecule has 1 aromatic heterocycles. The lowest BCUT2D eigenvalue weighted by molar-refractivity contribution is 0.104. The zero-order valence-corrected chi connectivity index (χ0v) is 16.2. The van der Waals surface area contributed by atoms with Crippen molar-refractivity contribution in [3.63, 3.8) is 0 Å². The van der Waals surface area contributed by atoms with E-state index in [9.17, 15) is 4.79 Å². The Kier molecular flexibility index (Phi) is 6.12. The minimum Gasteiger partial charge on any atom is -0.378 e. The molecule has 0 atom stereocenters. The van der Waals surface area contributed by atoms with Crippen LogP contribution >= 0.6 is 0 Å². The Balaban J connectivity index is 1.36. The molecule has 2 fully saturated rings. The Bertz CT molecular complexity index is 803. The number of ketones is 1. The number of carbonyl (C=O) groups is 1. The van der Waals surface area contributed by atoms with E-state index in [2.05, 4.69) is 27.0 Å². The molecule has 1 saturated carbocycles. The quantitative estimate of drug-likeness (QED) is 0.576. The van der Waals surface area contributed by atoms with Crippen LogP contribution in [0.4, 0.5) is 5.95 Å². The van der Waals surface area contributed by atoms with E-state index in [1.54, 1.807) is 24.5 Å². The van der Waals surface area contributed by atoms with Gasteiger partial charge >= 0.3 is 0 Å². The highest BCUT2D eigenvalue weighted by molar-refractivity contribution is 6.06. The highest BCUT2D eigenvalue weighted by Gasteiger charge is 2.16. The number of aromatic nitrogens is 2.